The molecule has 1 amide bonds. The van der Waals surface area contributed by atoms with Crippen molar-refractivity contribution in [3.8, 4) is 0 Å². The monoisotopic (exact) mass is 374 g/mol. The lowest BCUT2D eigenvalue weighted by atomic mass is 10.0. The number of hydrogen-bond donors (Lipinski definition) is 1. The molecule has 2 aromatic carbocycles. The number of sulfonamides is 1. The topological polar surface area (TPSA) is 66.5 Å². The summed E-state index contributed by atoms with van der Waals surface area (Å²) in [5, 5.41) is 2.94. The molecule has 0 saturated heterocycles. The van der Waals surface area contributed by atoms with Gasteiger partial charge in [-0.15, -0.1) is 0 Å². The molecular formula is C20H26N2O3S. The molecule has 1 atom stereocenters. The van der Waals surface area contributed by atoms with E-state index in [9.17, 15) is 13.2 Å². The van der Waals surface area contributed by atoms with Gasteiger partial charge in [0.2, 0.25) is 15.9 Å². The second kappa shape index (κ2) is 8.36. The third-order valence-corrected chi connectivity index (χ3v) is 5.27. The van der Waals surface area contributed by atoms with Crippen LogP contribution >= 0.6 is 0 Å². The number of nitrogens with zero attached hydrogens (tertiary/aromatic N) is 1. The lowest BCUT2D eigenvalue weighted by molar-refractivity contribution is -0.120. The van der Waals surface area contributed by atoms with Gasteiger partial charge >= 0.3 is 0 Å². The third kappa shape index (κ3) is 5.33. The third-order valence-electron chi connectivity index (χ3n) is 4.13. The number of nitrogens with one attached hydrogen (secondary N) is 1. The number of rotatable bonds is 7. The van der Waals surface area contributed by atoms with E-state index < -0.39 is 10.0 Å². The predicted molar refractivity (Wildman–Crippen MR) is 106 cm³/mol. The molecule has 0 spiro atoms. The van der Waals surface area contributed by atoms with Crippen LogP contribution in [0.5, 0.6) is 0 Å². The first-order valence-corrected chi connectivity index (χ1v) is 10.5. The van der Waals surface area contributed by atoms with E-state index in [2.05, 4.69) is 5.32 Å². The molecule has 0 heterocycles. The fourth-order valence-corrected chi connectivity index (χ4v) is 3.81. The highest BCUT2D eigenvalue weighted by molar-refractivity contribution is 7.92. The van der Waals surface area contributed by atoms with Gasteiger partial charge in [0.05, 0.1) is 18.0 Å². The van der Waals surface area contributed by atoms with Crippen molar-refractivity contribution in [2.75, 3.05) is 17.1 Å². The Morgan fingerprint density at radius 3 is 2.15 bits per heavy atom. The molecular weight excluding hydrogens is 348 g/mol. The number of aryl methyl sites for hydroxylation is 2. The SMILES string of the molecule is CC[C@H](NC(=O)CN(c1cc(C)cc(C)c1)S(C)(=O)=O)c1ccccc1. The maximum Gasteiger partial charge on any atom is 0.241 e. The zero-order chi connectivity index (χ0) is 19.3. The van der Waals surface area contributed by atoms with E-state index in [0.29, 0.717) is 5.69 Å². The van der Waals surface area contributed by atoms with E-state index >= 15 is 0 Å². The van der Waals surface area contributed by atoms with Crippen LogP contribution < -0.4 is 9.62 Å². The van der Waals surface area contributed by atoms with Crippen molar-refractivity contribution in [1.82, 2.24) is 5.32 Å². The number of anilines is 1. The van der Waals surface area contributed by atoms with Crippen LogP contribution in [0.15, 0.2) is 48.5 Å². The van der Waals surface area contributed by atoms with Crippen LogP contribution in [0, 0.1) is 13.8 Å². The summed E-state index contributed by atoms with van der Waals surface area (Å²) in [7, 11) is -3.58. The number of carbonyl (C=O) groups is 1. The maximum absolute atomic E-state index is 12.6. The van der Waals surface area contributed by atoms with Gasteiger partial charge in [-0.2, -0.15) is 0 Å². The van der Waals surface area contributed by atoms with Gasteiger partial charge in [0, 0.05) is 0 Å². The fraction of sp³-hybridized carbons (Fsp3) is 0.350. The van der Waals surface area contributed by atoms with Crippen LogP contribution in [0.4, 0.5) is 5.69 Å². The van der Waals surface area contributed by atoms with Crippen molar-refractivity contribution in [2.45, 2.75) is 33.2 Å². The molecule has 0 bridgehead atoms. The highest BCUT2D eigenvalue weighted by Crippen LogP contribution is 2.22. The van der Waals surface area contributed by atoms with Gasteiger partial charge in [0.15, 0.2) is 0 Å². The number of benzene rings is 2. The van der Waals surface area contributed by atoms with Crippen LogP contribution in [0.25, 0.3) is 0 Å². The van der Waals surface area contributed by atoms with Crippen molar-refractivity contribution < 1.29 is 13.2 Å². The fourth-order valence-electron chi connectivity index (χ4n) is 2.97. The Kier molecular flexibility index (Phi) is 6.42. The zero-order valence-electron chi connectivity index (χ0n) is 15.7. The van der Waals surface area contributed by atoms with E-state index in [0.717, 1.165) is 33.7 Å². The summed E-state index contributed by atoms with van der Waals surface area (Å²) < 4.78 is 25.7. The Morgan fingerprint density at radius 2 is 1.65 bits per heavy atom. The Hall–Kier alpha value is -2.34. The second-order valence-corrected chi connectivity index (χ2v) is 8.46. The molecule has 0 fully saturated rings. The minimum atomic E-state index is -3.58. The van der Waals surface area contributed by atoms with Gasteiger partial charge in [-0.05, 0) is 49.1 Å². The Bertz CT molecular complexity index is 844. The normalized spacial score (nSPS) is 12.5. The Morgan fingerprint density at radius 1 is 1.08 bits per heavy atom. The predicted octanol–water partition coefficient (Wildman–Crippen LogP) is 3.34. The summed E-state index contributed by atoms with van der Waals surface area (Å²) in [6.45, 7) is 5.54. The van der Waals surface area contributed by atoms with E-state index in [1.807, 2.05) is 57.2 Å². The minimum absolute atomic E-state index is 0.149. The van der Waals surface area contributed by atoms with Crippen molar-refractivity contribution in [1.29, 1.82) is 0 Å². The van der Waals surface area contributed by atoms with Crippen molar-refractivity contribution in [3.63, 3.8) is 0 Å². The first-order valence-electron chi connectivity index (χ1n) is 8.61. The average molecular weight is 375 g/mol. The van der Waals surface area contributed by atoms with Gasteiger partial charge in [-0.3, -0.25) is 9.10 Å². The number of carbonyl (C=O) groups excluding carboxylic acids is 1. The summed E-state index contributed by atoms with van der Waals surface area (Å²) >= 11 is 0. The molecule has 0 aliphatic carbocycles. The molecule has 26 heavy (non-hydrogen) atoms. The van der Waals surface area contributed by atoms with Gasteiger partial charge < -0.3 is 5.32 Å². The molecule has 2 rings (SSSR count). The molecule has 1 N–H and O–H groups in total. The summed E-state index contributed by atoms with van der Waals surface area (Å²) in [6, 6.07) is 15.0. The van der Waals surface area contributed by atoms with E-state index in [4.69, 9.17) is 0 Å². The summed E-state index contributed by atoms with van der Waals surface area (Å²) in [5.41, 5.74) is 3.41. The largest absolute Gasteiger partial charge is 0.348 e. The lowest BCUT2D eigenvalue weighted by Gasteiger charge is -2.24. The van der Waals surface area contributed by atoms with Gasteiger partial charge in [-0.25, -0.2) is 8.42 Å². The second-order valence-electron chi connectivity index (χ2n) is 6.55. The molecule has 0 unspecified atom stereocenters. The molecule has 0 aromatic heterocycles. The van der Waals surface area contributed by atoms with Gasteiger partial charge in [0.25, 0.3) is 0 Å². The summed E-state index contributed by atoms with van der Waals surface area (Å²) in [6.07, 6.45) is 1.84. The van der Waals surface area contributed by atoms with Crippen molar-refractivity contribution in [2.24, 2.45) is 0 Å². The number of hydrogen-bond acceptors (Lipinski definition) is 3. The van der Waals surface area contributed by atoms with E-state index in [1.54, 1.807) is 12.1 Å². The van der Waals surface area contributed by atoms with Crippen molar-refractivity contribution in [3.05, 3.63) is 65.2 Å². The Balaban J connectivity index is 2.22. The molecule has 0 radical (unpaired) electrons. The van der Waals surface area contributed by atoms with E-state index in [-0.39, 0.29) is 18.5 Å². The van der Waals surface area contributed by atoms with Crippen LogP contribution in [-0.2, 0) is 14.8 Å². The van der Waals surface area contributed by atoms with Crippen molar-refractivity contribution >= 4 is 21.6 Å². The highest BCUT2D eigenvalue weighted by Gasteiger charge is 2.22. The van der Waals surface area contributed by atoms with Crippen LogP contribution in [-0.4, -0.2) is 27.1 Å². The molecule has 6 heteroatoms. The van der Waals surface area contributed by atoms with Crippen LogP contribution in [0.2, 0.25) is 0 Å². The van der Waals surface area contributed by atoms with Gasteiger partial charge in [0.1, 0.15) is 6.54 Å². The first kappa shape index (κ1) is 20.0. The quantitative estimate of drug-likeness (QED) is 0.808. The minimum Gasteiger partial charge on any atom is -0.348 e. The average Bonchev–Trinajstić information content (AvgIpc) is 2.56. The molecule has 0 aliphatic rings. The summed E-state index contributed by atoms with van der Waals surface area (Å²) in [4.78, 5) is 12.6. The zero-order valence-corrected chi connectivity index (χ0v) is 16.5. The maximum atomic E-state index is 12.6. The molecule has 5 nitrogen and oxygen atoms in total. The Labute approximate surface area is 156 Å². The smallest absolute Gasteiger partial charge is 0.241 e. The standard InChI is InChI=1S/C20H26N2O3S/c1-5-19(17-9-7-6-8-10-17)21-20(23)14-22(26(4,24)25)18-12-15(2)11-16(3)13-18/h6-13,19H,5,14H2,1-4H3,(H,21,23)/t19-/m0/s1. The molecule has 2 aromatic rings. The molecule has 140 valence electrons. The van der Waals surface area contributed by atoms with Crippen LogP contribution in [0.3, 0.4) is 0 Å². The summed E-state index contributed by atoms with van der Waals surface area (Å²) in [5.74, 6) is -0.328. The van der Waals surface area contributed by atoms with E-state index in [1.165, 1.54) is 0 Å². The van der Waals surface area contributed by atoms with Gasteiger partial charge in [-0.1, -0.05) is 43.3 Å². The van der Waals surface area contributed by atoms with Crippen LogP contribution in [0.1, 0.15) is 36.1 Å². The highest BCUT2D eigenvalue weighted by atomic mass is 32.2. The molecule has 0 saturated carbocycles. The number of amides is 1. The molecule has 0 aliphatic heterocycles. The lowest BCUT2D eigenvalue weighted by Crippen LogP contribution is -2.41. The first-order chi connectivity index (χ1) is 12.2.